The fourth-order valence-corrected chi connectivity index (χ4v) is 8.74. The molecule has 2 aromatic carbocycles. The Morgan fingerprint density at radius 3 is 2.27 bits per heavy atom. The Morgan fingerprint density at radius 2 is 1.61 bits per heavy atom. The summed E-state index contributed by atoms with van der Waals surface area (Å²) in [5.74, 6) is 1.83. The lowest BCUT2D eigenvalue weighted by Gasteiger charge is -2.64. The molecule has 1 aliphatic heterocycles. The topological polar surface area (TPSA) is 15.3 Å². The average Bonchev–Trinajstić information content (AvgIpc) is 2.80. The van der Waals surface area contributed by atoms with Crippen molar-refractivity contribution in [2.24, 2.45) is 17.3 Å². The third-order valence-electron chi connectivity index (χ3n) is 9.80. The summed E-state index contributed by atoms with van der Waals surface area (Å²) < 4.78 is 0. The van der Waals surface area contributed by atoms with Gasteiger partial charge in [-0.25, -0.2) is 0 Å². The van der Waals surface area contributed by atoms with Crippen LogP contribution in [0.1, 0.15) is 69.4 Å². The van der Waals surface area contributed by atoms with E-state index in [0.717, 1.165) is 23.4 Å². The number of halogens is 1. The summed E-state index contributed by atoms with van der Waals surface area (Å²) in [5.41, 5.74) is 3.87. The molecule has 1 heterocycles. The molecular weight excluding hydrogens is 424 g/mol. The molecule has 3 heteroatoms. The highest BCUT2D eigenvalue weighted by atomic mass is 35.5. The zero-order valence-corrected chi connectivity index (χ0v) is 20.9. The molecule has 5 fully saturated rings. The minimum absolute atomic E-state index is 0.393. The Hall–Kier alpha value is -1.35. The van der Waals surface area contributed by atoms with Gasteiger partial charge in [-0.1, -0.05) is 54.1 Å². The molecule has 1 N–H and O–H groups in total. The minimum atomic E-state index is 0.393. The van der Waals surface area contributed by atoms with Gasteiger partial charge in [0.05, 0.1) is 0 Å². The summed E-state index contributed by atoms with van der Waals surface area (Å²) in [5, 5.41) is 5.06. The molecule has 4 saturated carbocycles. The van der Waals surface area contributed by atoms with E-state index in [1.54, 1.807) is 5.56 Å². The van der Waals surface area contributed by atoms with Gasteiger partial charge in [0.1, 0.15) is 0 Å². The van der Waals surface area contributed by atoms with Gasteiger partial charge in [0, 0.05) is 23.7 Å². The minimum Gasteiger partial charge on any atom is -0.311 e. The smallest absolute Gasteiger partial charge is 0.0406 e. The van der Waals surface area contributed by atoms with Gasteiger partial charge >= 0.3 is 0 Å². The van der Waals surface area contributed by atoms with E-state index in [1.165, 1.54) is 70.0 Å². The van der Waals surface area contributed by atoms with E-state index in [0.29, 0.717) is 22.9 Å². The second kappa shape index (κ2) is 8.70. The zero-order chi connectivity index (χ0) is 22.5. The lowest BCUT2D eigenvalue weighted by Crippen LogP contribution is -2.61. The van der Waals surface area contributed by atoms with Crippen LogP contribution in [0.4, 0.5) is 0 Å². The van der Waals surface area contributed by atoms with Gasteiger partial charge in [-0.3, -0.25) is 4.90 Å². The van der Waals surface area contributed by atoms with E-state index in [4.69, 9.17) is 11.6 Å². The second-order valence-electron chi connectivity index (χ2n) is 12.0. The number of hydrogen-bond donors (Lipinski definition) is 1. The summed E-state index contributed by atoms with van der Waals surface area (Å²) in [6, 6.07) is 21.1. The summed E-state index contributed by atoms with van der Waals surface area (Å²) >= 11 is 6.25. The van der Waals surface area contributed by atoms with Crippen molar-refractivity contribution in [3.63, 3.8) is 0 Å². The molecule has 2 aromatic rings. The first-order chi connectivity index (χ1) is 16.0. The van der Waals surface area contributed by atoms with Crippen LogP contribution in [0.3, 0.4) is 0 Å². The highest BCUT2D eigenvalue weighted by Crippen LogP contribution is 2.66. The van der Waals surface area contributed by atoms with E-state index in [-0.39, 0.29) is 0 Å². The number of piperidine rings is 1. The first-order valence-corrected chi connectivity index (χ1v) is 13.7. The molecule has 7 rings (SSSR count). The van der Waals surface area contributed by atoms with Gasteiger partial charge in [-0.15, -0.1) is 0 Å². The monoisotopic (exact) mass is 462 g/mol. The van der Waals surface area contributed by atoms with Crippen LogP contribution in [0.15, 0.2) is 54.6 Å². The first kappa shape index (κ1) is 22.1. The maximum absolute atomic E-state index is 6.25. The molecular formula is C30H39ClN2. The number of nitrogens with one attached hydrogen (secondary N) is 1. The van der Waals surface area contributed by atoms with Gasteiger partial charge in [0.2, 0.25) is 0 Å². The molecule has 176 valence electrons. The number of hydrogen-bond acceptors (Lipinski definition) is 2. The highest BCUT2D eigenvalue weighted by molar-refractivity contribution is 6.30. The van der Waals surface area contributed by atoms with Gasteiger partial charge in [-0.05, 0) is 117 Å². The van der Waals surface area contributed by atoms with Crippen molar-refractivity contribution in [1.82, 2.24) is 10.2 Å². The fraction of sp³-hybridized carbons (Fsp3) is 0.600. The Balaban J connectivity index is 1.12. The molecule has 3 atom stereocenters. The molecule has 2 nitrogen and oxygen atoms in total. The summed E-state index contributed by atoms with van der Waals surface area (Å²) in [6.45, 7) is 6.05. The molecule has 5 aliphatic rings. The standard InChI is InChI=1S/C30H39ClN2/c1-22(32-28-11-13-33(14-12-28)20-23-5-3-2-4-6-23)29-16-24-15-25(17-29)19-30(18-24,21-29)26-7-9-27(31)10-8-26/h2-10,22,24-25,28,32H,11-21H2,1H3/t22-,24+,25+,29?,30?/m1/s1. The lowest BCUT2D eigenvalue weighted by atomic mass is 9.41. The van der Waals surface area contributed by atoms with Crippen LogP contribution in [-0.2, 0) is 12.0 Å². The molecule has 0 unspecified atom stereocenters. The lowest BCUT2D eigenvalue weighted by molar-refractivity contribution is -0.0904. The largest absolute Gasteiger partial charge is 0.311 e. The predicted molar refractivity (Wildman–Crippen MR) is 138 cm³/mol. The summed E-state index contributed by atoms with van der Waals surface area (Å²) in [6.07, 6.45) is 11.1. The summed E-state index contributed by atoms with van der Waals surface area (Å²) in [4.78, 5) is 2.64. The van der Waals surface area contributed by atoms with Crippen LogP contribution >= 0.6 is 11.6 Å². The van der Waals surface area contributed by atoms with E-state index < -0.39 is 0 Å². The van der Waals surface area contributed by atoms with Crippen molar-refractivity contribution in [2.75, 3.05) is 13.1 Å². The Morgan fingerprint density at radius 1 is 0.939 bits per heavy atom. The molecule has 0 spiro atoms. The molecule has 0 aromatic heterocycles. The molecule has 1 saturated heterocycles. The van der Waals surface area contributed by atoms with Crippen LogP contribution in [0.25, 0.3) is 0 Å². The predicted octanol–water partition coefficient (Wildman–Crippen LogP) is 6.82. The van der Waals surface area contributed by atoms with E-state index in [1.807, 2.05) is 0 Å². The Bertz CT molecular complexity index is 933. The number of nitrogens with zero attached hydrogens (tertiary/aromatic N) is 1. The normalized spacial score (nSPS) is 35.1. The van der Waals surface area contributed by atoms with E-state index in [2.05, 4.69) is 71.7 Å². The third kappa shape index (κ3) is 4.28. The summed E-state index contributed by atoms with van der Waals surface area (Å²) in [7, 11) is 0. The van der Waals surface area contributed by atoms with Gasteiger partial charge < -0.3 is 5.32 Å². The van der Waals surface area contributed by atoms with Crippen LogP contribution < -0.4 is 5.32 Å². The number of rotatable bonds is 6. The number of benzene rings is 2. The van der Waals surface area contributed by atoms with Crippen LogP contribution in [0.2, 0.25) is 5.02 Å². The van der Waals surface area contributed by atoms with Gasteiger partial charge in [0.25, 0.3) is 0 Å². The SMILES string of the molecule is C[C@@H](NC1CCN(Cc2ccccc2)CC1)C12C[C@@H]3C[C@H](CC(c4ccc(Cl)cc4)(C3)C1)C2. The maximum atomic E-state index is 6.25. The average molecular weight is 463 g/mol. The quantitative estimate of drug-likeness (QED) is 0.506. The van der Waals surface area contributed by atoms with E-state index >= 15 is 0 Å². The maximum Gasteiger partial charge on any atom is 0.0406 e. The Kier molecular flexibility index (Phi) is 5.84. The van der Waals surface area contributed by atoms with Crippen LogP contribution in [-0.4, -0.2) is 30.1 Å². The highest BCUT2D eigenvalue weighted by Gasteiger charge is 2.59. The van der Waals surface area contributed by atoms with Crippen molar-refractivity contribution in [3.8, 4) is 0 Å². The Labute approximate surface area is 205 Å². The van der Waals surface area contributed by atoms with E-state index in [9.17, 15) is 0 Å². The molecule has 33 heavy (non-hydrogen) atoms. The number of likely N-dealkylation sites (tertiary alicyclic amines) is 1. The van der Waals surface area contributed by atoms with Crippen LogP contribution in [0.5, 0.6) is 0 Å². The van der Waals surface area contributed by atoms with Crippen molar-refractivity contribution in [1.29, 1.82) is 0 Å². The van der Waals surface area contributed by atoms with Gasteiger partial charge in [0.15, 0.2) is 0 Å². The second-order valence-corrected chi connectivity index (χ2v) is 12.5. The zero-order valence-electron chi connectivity index (χ0n) is 20.1. The van der Waals surface area contributed by atoms with Crippen molar-refractivity contribution >= 4 is 11.6 Å². The molecule has 0 radical (unpaired) electrons. The molecule has 0 amide bonds. The van der Waals surface area contributed by atoms with Crippen molar-refractivity contribution in [3.05, 3.63) is 70.7 Å². The molecule has 4 bridgehead atoms. The van der Waals surface area contributed by atoms with Crippen LogP contribution in [0, 0.1) is 17.3 Å². The molecule has 4 aliphatic carbocycles. The first-order valence-electron chi connectivity index (χ1n) is 13.3. The fourth-order valence-electron chi connectivity index (χ4n) is 8.61. The third-order valence-corrected chi connectivity index (χ3v) is 10.1. The van der Waals surface area contributed by atoms with Gasteiger partial charge in [-0.2, -0.15) is 0 Å². The van der Waals surface area contributed by atoms with Crippen molar-refractivity contribution < 1.29 is 0 Å². The van der Waals surface area contributed by atoms with Crippen molar-refractivity contribution in [2.45, 2.75) is 82.3 Å².